The highest BCUT2D eigenvalue weighted by Gasteiger charge is 2.28. The molecule has 0 bridgehead atoms. The first-order chi connectivity index (χ1) is 8.79. The van der Waals surface area contributed by atoms with Gasteiger partial charge < -0.3 is 15.4 Å². The fourth-order valence-corrected chi connectivity index (χ4v) is 2.55. The van der Waals surface area contributed by atoms with Crippen LogP contribution in [0.15, 0.2) is 0 Å². The Morgan fingerprint density at radius 3 is 2.47 bits per heavy atom. The van der Waals surface area contributed by atoms with Gasteiger partial charge in [-0.3, -0.25) is 4.79 Å². The third-order valence-electron chi connectivity index (χ3n) is 2.29. The summed E-state index contributed by atoms with van der Waals surface area (Å²) in [6.45, 7) is 6.05. The summed E-state index contributed by atoms with van der Waals surface area (Å²) in [5, 5.41) is 5.81. The number of carbonyl (C=O) groups excluding carboxylic acids is 2. The summed E-state index contributed by atoms with van der Waals surface area (Å²) in [7, 11) is 3.01. The zero-order chi connectivity index (χ0) is 14.6. The van der Waals surface area contributed by atoms with Gasteiger partial charge in [-0.15, -0.1) is 0 Å². The number of amides is 1. The predicted octanol–water partition coefficient (Wildman–Crippen LogP) is 1.39. The first-order valence-corrected chi connectivity index (χ1v) is 6.65. The summed E-state index contributed by atoms with van der Waals surface area (Å²) in [5.74, 6) is -0.635. The molecule has 19 heavy (non-hydrogen) atoms. The molecule has 0 spiro atoms. The van der Waals surface area contributed by atoms with Crippen LogP contribution in [0.3, 0.4) is 0 Å². The first-order valence-electron chi connectivity index (χ1n) is 5.83. The van der Waals surface area contributed by atoms with Crippen LogP contribution in [0.5, 0.6) is 0 Å². The van der Waals surface area contributed by atoms with Gasteiger partial charge in [0.25, 0.3) is 0 Å². The molecule has 1 amide bonds. The van der Waals surface area contributed by atoms with Crippen LogP contribution in [0.25, 0.3) is 0 Å². The quantitative estimate of drug-likeness (QED) is 0.817. The van der Waals surface area contributed by atoms with E-state index in [0.717, 1.165) is 11.3 Å². The third-order valence-corrected chi connectivity index (χ3v) is 3.24. The van der Waals surface area contributed by atoms with Crippen LogP contribution < -0.4 is 10.6 Å². The average Bonchev–Trinajstić information content (AvgIpc) is 2.72. The monoisotopic (exact) mass is 285 g/mol. The van der Waals surface area contributed by atoms with Gasteiger partial charge in [-0.05, 0) is 7.05 Å². The highest BCUT2D eigenvalue weighted by atomic mass is 32.1. The van der Waals surface area contributed by atoms with Gasteiger partial charge in [0.1, 0.15) is 4.88 Å². The minimum Gasteiger partial charge on any atom is -0.465 e. The number of hydrogen-bond acceptors (Lipinski definition) is 6. The minimum absolute atomic E-state index is 0.192. The lowest BCUT2D eigenvalue weighted by atomic mass is 9.91. The van der Waals surface area contributed by atoms with Crippen molar-refractivity contribution in [3.63, 3.8) is 0 Å². The van der Waals surface area contributed by atoms with E-state index in [4.69, 9.17) is 4.74 Å². The maximum absolute atomic E-state index is 11.7. The highest BCUT2D eigenvalue weighted by molar-refractivity contribution is 7.17. The van der Waals surface area contributed by atoms with Crippen LogP contribution in [0, 0.1) is 0 Å². The lowest BCUT2D eigenvalue weighted by molar-refractivity contribution is -0.115. The van der Waals surface area contributed by atoms with E-state index in [0.29, 0.717) is 15.7 Å². The molecule has 0 aliphatic carbocycles. The molecule has 1 heterocycles. The van der Waals surface area contributed by atoms with Gasteiger partial charge >= 0.3 is 5.97 Å². The summed E-state index contributed by atoms with van der Waals surface area (Å²) < 4.78 is 4.74. The number of ether oxygens (including phenoxy) is 1. The van der Waals surface area contributed by atoms with Crippen molar-refractivity contribution in [1.82, 2.24) is 10.3 Å². The Kier molecular flexibility index (Phi) is 5.02. The van der Waals surface area contributed by atoms with Crippen molar-refractivity contribution in [2.45, 2.75) is 26.2 Å². The molecule has 0 aliphatic rings. The van der Waals surface area contributed by atoms with E-state index in [1.54, 1.807) is 7.05 Å². The van der Waals surface area contributed by atoms with Gasteiger partial charge in [0.15, 0.2) is 5.13 Å². The number of nitrogens with zero attached hydrogens (tertiary/aromatic N) is 1. The highest BCUT2D eigenvalue weighted by Crippen LogP contribution is 2.32. The molecule has 0 saturated carbocycles. The van der Waals surface area contributed by atoms with E-state index in [1.807, 2.05) is 20.8 Å². The lowest BCUT2D eigenvalue weighted by Crippen LogP contribution is -2.25. The SMILES string of the molecule is CNCC(=O)Nc1nc(C(C)(C)C)c(C(=O)OC)s1. The van der Waals surface area contributed by atoms with Crippen LogP contribution in [-0.2, 0) is 14.9 Å². The van der Waals surface area contributed by atoms with Crippen LogP contribution in [0.4, 0.5) is 5.13 Å². The van der Waals surface area contributed by atoms with Crippen LogP contribution in [-0.4, -0.2) is 37.6 Å². The van der Waals surface area contributed by atoms with Crippen LogP contribution >= 0.6 is 11.3 Å². The van der Waals surface area contributed by atoms with E-state index in [9.17, 15) is 9.59 Å². The fourth-order valence-electron chi connectivity index (χ4n) is 1.44. The Hall–Kier alpha value is -1.47. The van der Waals surface area contributed by atoms with Crippen molar-refractivity contribution in [3.8, 4) is 0 Å². The number of rotatable bonds is 4. The molecule has 0 atom stereocenters. The molecule has 106 valence electrons. The predicted molar refractivity (Wildman–Crippen MR) is 74.7 cm³/mol. The number of carbonyl (C=O) groups is 2. The van der Waals surface area contributed by atoms with Gasteiger partial charge in [0.2, 0.25) is 5.91 Å². The van der Waals surface area contributed by atoms with E-state index >= 15 is 0 Å². The van der Waals surface area contributed by atoms with Crippen molar-refractivity contribution < 1.29 is 14.3 Å². The molecule has 0 fully saturated rings. The molecule has 0 aliphatic heterocycles. The lowest BCUT2D eigenvalue weighted by Gasteiger charge is -2.16. The Morgan fingerprint density at radius 1 is 1.37 bits per heavy atom. The topological polar surface area (TPSA) is 80.3 Å². The molecule has 7 heteroatoms. The summed E-state index contributed by atoms with van der Waals surface area (Å²) in [4.78, 5) is 28.0. The number of esters is 1. The Labute approximate surface area is 116 Å². The maximum Gasteiger partial charge on any atom is 0.350 e. The second-order valence-corrected chi connectivity index (χ2v) is 6.02. The maximum atomic E-state index is 11.7. The van der Waals surface area contributed by atoms with E-state index in [2.05, 4.69) is 15.6 Å². The van der Waals surface area contributed by atoms with Crippen molar-refractivity contribution in [1.29, 1.82) is 0 Å². The number of methoxy groups -OCH3 is 1. The zero-order valence-electron chi connectivity index (χ0n) is 11.8. The number of thiazole rings is 1. The van der Waals surface area contributed by atoms with Gasteiger partial charge in [0.05, 0.1) is 19.3 Å². The Bertz CT molecular complexity index is 477. The second-order valence-electron chi connectivity index (χ2n) is 5.02. The molecule has 2 N–H and O–H groups in total. The molecule has 1 rings (SSSR count). The standard InChI is InChI=1S/C12H19N3O3S/c1-12(2,3)9-8(10(17)18-5)19-11(15-9)14-7(16)6-13-4/h13H,6H2,1-5H3,(H,14,15,16). The normalized spacial score (nSPS) is 11.2. The van der Waals surface area contributed by atoms with Gasteiger partial charge in [0, 0.05) is 5.41 Å². The summed E-state index contributed by atoms with van der Waals surface area (Å²) >= 11 is 1.13. The molecular formula is C12H19N3O3S. The molecule has 0 unspecified atom stereocenters. The first kappa shape index (κ1) is 15.6. The van der Waals surface area contributed by atoms with E-state index in [1.165, 1.54) is 7.11 Å². The Balaban J connectivity index is 3.07. The third kappa shape index (κ3) is 4.00. The van der Waals surface area contributed by atoms with Gasteiger partial charge in [-0.1, -0.05) is 32.1 Å². The van der Waals surface area contributed by atoms with Crippen molar-refractivity contribution >= 4 is 28.3 Å². The van der Waals surface area contributed by atoms with Crippen LogP contribution in [0.1, 0.15) is 36.1 Å². The Morgan fingerprint density at radius 2 is 2.00 bits per heavy atom. The molecule has 1 aromatic rings. The average molecular weight is 285 g/mol. The smallest absolute Gasteiger partial charge is 0.350 e. The van der Waals surface area contributed by atoms with E-state index < -0.39 is 5.97 Å². The summed E-state index contributed by atoms with van der Waals surface area (Å²) in [5.41, 5.74) is 0.329. The molecule has 0 radical (unpaired) electrons. The summed E-state index contributed by atoms with van der Waals surface area (Å²) in [6, 6.07) is 0. The molecule has 0 saturated heterocycles. The number of nitrogens with one attached hydrogen (secondary N) is 2. The second kappa shape index (κ2) is 6.12. The molecule has 6 nitrogen and oxygen atoms in total. The molecule has 0 aromatic carbocycles. The number of likely N-dealkylation sites (N-methyl/N-ethyl adjacent to an activating group) is 1. The number of anilines is 1. The van der Waals surface area contributed by atoms with Crippen molar-refractivity contribution in [2.75, 3.05) is 26.0 Å². The fraction of sp³-hybridized carbons (Fsp3) is 0.583. The zero-order valence-corrected chi connectivity index (χ0v) is 12.6. The largest absolute Gasteiger partial charge is 0.465 e. The molecule has 1 aromatic heterocycles. The minimum atomic E-state index is -0.434. The summed E-state index contributed by atoms with van der Waals surface area (Å²) in [6.07, 6.45) is 0. The van der Waals surface area contributed by atoms with E-state index in [-0.39, 0.29) is 17.9 Å². The number of hydrogen-bond donors (Lipinski definition) is 2. The van der Waals surface area contributed by atoms with Crippen molar-refractivity contribution in [3.05, 3.63) is 10.6 Å². The van der Waals surface area contributed by atoms with Gasteiger partial charge in [-0.2, -0.15) is 0 Å². The van der Waals surface area contributed by atoms with Crippen molar-refractivity contribution in [2.24, 2.45) is 0 Å². The molecular weight excluding hydrogens is 266 g/mol. The van der Waals surface area contributed by atoms with Crippen LogP contribution in [0.2, 0.25) is 0 Å². The number of aromatic nitrogens is 1. The van der Waals surface area contributed by atoms with Gasteiger partial charge in [-0.25, -0.2) is 9.78 Å².